The zero-order valence-corrected chi connectivity index (χ0v) is 11.7. The van der Waals surface area contributed by atoms with Gasteiger partial charge in [0.15, 0.2) is 0 Å². The number of rotatable bonds is 5. The van der Waals surface area contributed by atoms with E-state index < -0.39 is 0 Å². The molecule has 0 aliphatic rings. The Hall–Kier alpha value is -0.860. The van der Waals surface area contributed by atoms with Gasteiger partial charge < -0.3 is 10.5 Å². The standard InChI is InChI=1S/C15H25NO/c1-11-6-12(2)8-13(7-11)9-14(16)10-15(3,4)17-5/h6-8,14H,9-10,16H2,1-5H3. The minimum Gasteiger partial charge on any atom is -0.379 e. The maximum Gasteiger partial charge on any atom is 0.0637 e. The van der Waals surface area contributed by atoms with Gasteiger partial charge in [0, 0.05) is 13.2 Å². The van der Waals surface area contributed by atoms with Crippen molar-refractivity contribution in [2.75, 3.05) is 7.11 Å². The van der Waals surface area contributed by atoms with Crippen molar-refractivity contribution in [1.29, 1.82) is 0 Å². The SMILES string of the molecule is COC(C)(C)CC(N)Cc1cc(C)cc(C)c1. The van der Waals surface area contributed by atoms with Crippen LogP contribution in [0.2, 0.25) is 0 Å². The molecule has 1 aromatic carbocycles. The molecule has 0 aliphatic carbocycles. The van der Waals surface area contributed by atoms with Crippen LogP contribution >= 0.6 is 0 Å². The number of benzene rings is 1. The predicted molar refractivity (Wildman–Crippen MR) is 73.3 cm³/mol. The molecule has 0 radical (unpaired) electrons. The minimum atomic E-state index is -0.141. The van der Waals surface area contributed by atoms with Crippen molar-refractivity contribution in [1.82, 2.24) is 0 Å². The molecule has 0 aromatic heterocycles. The molecule has 0 heterocycles. The van der Waals surface area contributed by atoms with Gasteiger partial charge in [-0.2, -0.15) is 0 Å². The van der Waals surface area contributed by atoms with Crippen molar-refractivity contribution in [2.45, 2.75) is 52.2 Å². The van der Waals surface area contributed by atoms with Gasteiger partial charge in [-0.1, -0.05) is 29.3 Å². The van der Waals surface area contributed by atoms with E-state index in [4.69, 9.17) is 10.5 Å². The molecule has 0 amide bonds. The summed E-state index contributed by atoms with van der Waals surface area (Å²) in [5.74, 6) is 0. The summed E-state index contributed by atoms with van der Waals surface area (Å²) in [6.07, 6.45) is 1.78. The third-order valence-corrected chi connectivity index (χ3v) is 3.09. The summed E-state index contributed by atoms with van der Waals surface area (Å²) < 4.78 is 5.41. The molecule has 1 rings (SSSR count). The molecule has 2 heteroatoms. The van der Waals surface area contributed by atoms with Crippen LogP contribution < -0.4 is 5.73 Å². The van der Waals surface area contributed by atoms with Gasteiger partial charge in [0.25, 0.3) is 0 Å². The van der Waals surface area contributed by atoms with Crippen LogP contribution in [0.25, 0.3) is 0 Å². The second-order valence-corrected chi connectivity index (χ2v) is 5.63. The van der Waals surface area contributed by atoms with Crippen molar-refractivity contribution in [3.8, 4) is 0 Å². The molecule has 2 N–H and O–H groups in total. The summed E-state index contributed by atoms with van der Waals surface area (Å²) in [4.78, 5) is 0. The fraction of sp³-hybridized carbons (Fsp3) is 0.600. The maximum absolute atomic E-state index is 6.19. The van der Waals surface area contributed by atoms with Crippen LogP contribution in [0.1, 0.15) is 37.0 Å². The zero-order chi connectivity index (χ0) is 13.1. The Morgan fingerprint density at radius 2 is 1.71 bits per heavy atom. The van der Waals surface area contributed by atoms with Crippen LogP contribution in [-0.4, -0.2) is 18.8 Å². The minimum absolute atomic E-state index is 0.141. The number of hydrogen-bond acceptors (Lipinski definition) is 2. The van der Waals surface area contributed by atoms with E-state index >= 15 is 0 Å². The second-order valence-electron chi connectivity index (χ2n) is 5.63. The van der Waals surface area contributed by atoms with Gasteiger partial charge in [-0.05, 0) is 46.1 Å². The van der Waals surface area contributed by atoms with Gasteiger partial charge in [0.05, 0.1) is 5.60 Å². The normalized spacial score (nSPS) is 13.8. The largest absolute Gasteiger partial charge is 0.379 e. The van der Waals surface area contributed by atoms with E-state index in [2.05, 4.69) is 45.9 Å². The summed E-state index contributed by atoms with van der Waals surface area (Å²) in [7, 11) is 1.74. The van der Waals surface area contributed by atoms with Crippen LogP contribution in [0, 0.1) is 13.8 Å². The topological polar surface area (TPSA) is 35.2 Å². The molecule has 0 fully saturated rings. The third-order valence-electron chi connectivity index (χ3n) is 3.09. The fourth-order valence-corrected chi connectivity index (χ4v) is 2.28. The molecule has 17 heavy (non-hydrogen) atoms. The molecule has 0 spiro atoms. The van der Waals surface area contributed by atoms with Crippen molar-refractivity contribution >= 4 is 0 Å². The molecular formula is C15H25NO. The second kappa shape index (κ2) is 5.65. The van der Waals surface area contributed by atoms with Crippen LogP contribution in [-0.2, 0) is 11.2 Å². The van der Waals surface area contributed by atoms with E-state index in [0.717, 1.165) is 12.8 Å². The summed E-state index contributed by atoms with van der Waals surface area (Å²) in [5.41, 5.74) is 9.98. The highest BCUT2D eigenvalue weighted by Crippen LogP contribution is 2.18. The molecule has 2 nitrogen and oxygen atoms in total. The van der Waals surface area contributed by atoms with E-state index in [-0.39, 0.29) is 11.6 Å². The van der Waals surface area contributed by atoms with Crippen LogP contribution in [0.4, 0.5) is 0 Å². The number of methoxy groups -OCH3 is 1. The maximum atomic E-state index is 6.19. The molecule has 1 atom stereocenters. The smallest absolute Gasteiger partial charge is 0.0637 e. The Kier molecular flexibility index (Phi) is 4.72. The van der Waals surface area contributed by atoms with Gasteiger partial charge in [0.1, 0.15) is 0 Å². The van der Waals surface area contributed by atoms with Gasteiger partial charge in [-0.3, -0.25) is 0 Å². The van der Waals surface area contributed by atoms with Crippen molar-refractivity contribution < 1.29 is 4.74 Å². The quantitative estimate of drug-likeness (QED) is 0.851. The summed E-state index contributed by atoms with van der Waals surface area (Å²) in [6, 6.07) is 6.76. The van der Waals surface area contributed by atoms with E-state index in [9.17, 15) is 0 Å². The van der Waals surface area contributed by atoms with Crippen molar-refractivity contribution in [3.05, 3.63) is 34.9 Å². The zero-order valence-electron chi connectivity index (χ0n) is 11.7. The average molecular weight is 235 g/mol. The highest BCUT2D eigenvalue weighted by Gasteiger charge is 2.20. The Labute approximate surface area is 105 Å². The first-order valence-corrected chi connectivity index (χ1v) is 6.20. The van der Waals surface area contributed by atoms with Crippen molar-refractivity contribution in [2.24, 2.45) is 5.73 Å². The Balaban J connectivity index is 2.65. The number of nitrogens with two attached hydrogens (primary N) is 1. The summed E-state index contributed by atoms with van der Waals surface area (Å²) in [5, 5.41) is 0. The van der Waals surface area contributed by atoms with Gasteiger partial charge >= 0.3 is 0 Å². The highest BCUT2D eigenvalue weighted by molar-refractivity contribution is 5.29. The van der Waals surface area contributed by atoms with Crippen LogP contribution in [0.3, 0.4) is 0 Å². The first-order chi connectivity index (χ1) is 7.82. The first kappa shape index (κ1) is 14.2. The lowest BCUT2D eigenvalue weighted by Crippen LogP contribution is -2.35. The first-order valence-electron chi connectivity index (χ1n) is 6.20. The van der Waals surface area contributed by atoms with E-state index in [0.29, 0.717) is 0 Å². The predicted octanol–water partition coefficient (Wildman–Crippen LogP) is 2.99. The molecule has 0 bridgehead atoms. The fourth-order valence-electron chi connectivity index (χ4n) is 2.28. The van der Waals surface area contributed by atoms with Crippen molar-refractivity contribution in [3.63, 3.8) is 0 Å². The van der Waals surface area contributed by atoms with Crippen LogP contribution in [0.15, 0.2) is 18.2 Å². The molecule has 1 unspecified atom stereocenters. The molecule has 0 saturated carbocycles. The Bertz CT molecular complexity index is 351. The number of aryl methyl sites for hydroxylation is 2. The van der Waals surface area contributed by atoms with E-state index in [1.807, 2.05) is 0 Å². The van der Waals surface area contributed by atoms with Gasteiger partial charge in [-0.15, -0.1) is 0 Å². The van der Waals surface area contributed by atoms with Gasteiger partial charge in [-0.25, -0.2) is 0 Å². The lowest BCUT2D eigenvalue weighted by Gasteiger charge is -2.26. The molecular weight excluding hydrogens is 210 g/mol. The van der Waals surface area contributed by atoms with Crippen LogP contribution in [0.5, 0.6) is 0 Å². The van der Waals surface area contributed by atoms with Gasteiger partial charge in [0.2, 0.25) is 0 Å². The third kappa shape index (κ3) is 4.88. The molecule has 1 aromatic rings. The number of ether oxygens (including phenoxy) is 1. The molecule has 96 valence electrons. The molecule has 0 saturated heterocycles. The summed E-state index contributed by atoms with van der Waals surface area (Å²) in [6.45, 7) is 8.41. The van der Waals surface area contributed by atoms with E-state index in [1.54, 1.807) is 7.11 Å². The Morgan fingerprint density at radius 3 is 2.18 bits per heavy atom. The highest BCUT2D eigenvalue weighted by atomic mass is 16.5. The lowest BCUT2D eigenvalue weighted by atomic mass is 9.93. The monoisotopic (exact) mass is 235 g/mol. The average Bonchev–Trinajstić information content (AvgIpc) is 2.14. The summed E-state index contributed by atoms with van der Waals surface area (Å²) >= 11 is 0. The molecule has 0 aliphatic heterocycles. The Morgan fingerprint density at radius 1 is 1.18 bits per heavy atom. The number of hydrogen-bond donors (Lipinski definition) is 1. The lowest BCUT2D eigenvalue weighted by molar-refractivity contribution is 0.0102. The van der Waals surface area contributed by atoms with E-state index in [1.165, 1.54) is 16.7 Å².